The van der Waals surface area contributed by atoms with Crippen molar-refractivity contribution in [3.63, 3.8) is 0 Å². The zero-order chi connectivity index (χ0) is 12.5. The molecule has 0 aliphatic heterocycles. The van der Waals surface area contributed by atoms with E-state index in [4.69, 9.17) is 11.6 Å². The molecule has 18 heavy (non-hydrogen) atoms. The molecule has 0 bridgehead atoms. The van der Waals surface area contributed by atoms with Crippen LogP contribution in [0.15, 0.2) is 23.8 Å². The van der Waals surface area contributed by atoms with Crippen molar-refractivity contribution in [3.8, 4) is 0 Å². The van der Waals surface area contributed by atoms with E-state index in [2.05, 4.69) is 26.4 Å². The van der Waals surface area contributed by atoms with Gasteiger partial charge in [0.1, 0.15) is 5.82 Å². The van der Waals surface area contributed by atoms with Crippen LogP contribution in [0.1, 0.15) is 18.4 Å². The summed E-state index contributed by atoms with van der Waals surface area (Å²) in [5, 5.41) is 2.30. The molecule has 0 aromatic carbocycles. The van der Waals surface area contributed by atoms with E-state index in [1.165, 1.54) is 0 Å². The zero-order valence-electron chi connectivity index (χ0n) is 9.80. The first kappa shape index (κ1) is 11.6. The van der Waals surface area contributed by atoms with Gasteiger partial charge in [0.25, 0.3) is 0 Å². The number of hydrogen-bond acceptors (Lipinski definition) is 4. The lowest BCUT2D eigenvalue weighted by Crippen LogP contribution is -2.03. The third kappa shape index (κ3) is 2.00. The molecule has 0 spiro atoms. The number of aromatic nitrogens is 4. The number of aryl methyl sites for hydroxylation is 1. The van der Waals surface area contributed by atoms with Crippen LogP contribution >= 0.6 is 22.9 Å². The van der Waals surface area contributed by atoms with Gasteiger partial charge in [0.05, 0.1) is 15.9 Å². The summed E-state index contributed by atoms with van der Waals surface area (Å²) in [5.41, 5.74) is 1.85. The van der Waals surface area contributed by atoms with Crippen molar-refractivity contribution in [3.05, 3.63) is 40.6 Å². The van der Waals surface area contributed by atoms with E-state index >= 15 is 0 Å². The molecule has 0 aliphatic rings. The van der Waals surface area contributed by atoms with E-state index in [0.717, 1.165) is 28.3 Å². The molecule has 3 heterocycles. The second kappa shape index (κ2) is 4.66. The Hall–Kier alpha value is -1.46. The molecule has 92 valence electrons. The molecular formula is C12H11ClN4S. The van der Waals surface area contributed by atoms with E-state index < -0.39 is 0 Å². The maximum atomic E-state index is 5.95. The predicted molar refractivity (Wildman–Crippen MR) is 73.1 cm³/mol. The van der Waals surface area contributed by atoms with Crippen molar-refractivity contribution in [1.29, 1.82) is 0 Å². The van der Waals surface area contributed by atoms with Gasteiger partial charge >= 0.3 is 0 Å². The van der Waals surface area contributed by atoms with Gasteiger partial charge < -0.3 is 4.57 Å². The van der Waals surface area contributed by atoms with E-state index in [1.807, 2.05) is 23.8 Å². The van der Waals surface area contributed by atoms with Crippen LogP contribution in [0.5, 0.6) is 0 Å². The van der Waals surface area contributed by atoms with Crippen molar-refractivity contribution in [2.24, 2.45) is 0 Å². The van der Waals surface area contributed by atoms with E-state index in [-0.39, 0.29) is 0 Å². The second-order valence-electron chi connectivity index (χ2n) is 3.88. The summed E-state index contributed by atoms with van der Waals surface area (Å²) >= 11 is 7.59. The molecule has 0 N–H and O–H groups in total. The highest BCUT2D eigenvalue weighted by Gasteiger charge is 2.11. The summed E-state index contributed by atoms with van der Waals surface area (Å²) < 4.78 is 3.19. The Bertz CT molecular complexity index is 688. The van der Waals surface area contributed by atoms with Crippen molar-refractivity contribution in [2.45, 2.75) is 19.9 Å². The van der Waals surface area contributed by atoms with Crippen LogP contribution in [0.2, 0.25) is 5.28 Å². The van der Waals surface area contributed by atoms with Gasteiger partial charge in [-0.1, -0.05) is 0 Å². The number of hydrogen-bond donors (Lipinski definition) is 0. The highest BCUT2D eigenvalue weighted by Crippen LogP contribution is 2.25. The molecule has 0 amide bonds. The Labute approximate surface area is 113 Å². The van der Waals surface area contributed by atoms with Crippen LogP contribution in [0, 0.1) is 0 Å². The fourth-order valence-electron chi connectivity index (χ4n) is 1.96. The Morgan fingerprint density at radius 3 is 3.11 bits per heavy atom. The normalized spacial score (nSPS) is 11.2. The summed E-state index contributed by atoms with van der Waals surface area (Å²) in [6.07, 6.45) is 4.47. The minimum atomic E-state index is 0.297. The zero-order valence-corrected chi connectivity index (χ0v) is 11.4. The average Bonchev–Trinajstić information content (AvgIpc) is 2.96. The van der Waals surface area contributed by atoms with Crippen LogP contribution < -0.4 is 0 Å². The van der Waals surface area contributed by atoms with Crippen molar-refractivity contribution < 1.29 is 0 Å². The Kier molecular flexibility index (Phi) is 3.01. The SMILES string of the molecule is CCn1ccnc1Cc1nc(Cl)nc2ccsc12. The largest absolute Gasteiger partial charge is 0.335 e. The quantitative estimate of drug-likeness (QED) is 0.691. The fraction of sp³-hybridized carbons (Fsp3) is 0.250. The lowest BCUT2D eigenvalue weighted by molar-refractivity contribution is 0.709. The molecule has 0 aliphatic carbocycles. The van der Waals surface area contributed by atoms with Gasteiger partial charge in [-0.15, -0.1) is 11.3 Å². The average molecular weight is 279 g/mol. The molecule has 0 unspecified atom stereocenters. The molecule has 3 aromatic heterocycles. The van der Waals surface area contributed by atoms with Crippen LogP contribution in [0.4, 0.5) is 0 Å². The lowest BCUT2D eigenvalue weighted by atomic mass is 10.2. The maximum Gasteiger partial charge on any atom is 0.223 e. The van der Waals surface area contributed by atoms with Crippen molar-refractivity contribution in [2.75, 3.05) is 0 Å². The number of nitrogens with zero attached hydrogens (tertiary/aromatic N) is 4. The molecule has 6 heteroatoms. The van der Waals surface area contributed by atoms with E-state index in [1.54, 1.807) is 11.3 Å². The lowest BCUT2D eigenvalue weighted by Gasteiger charge is -2.05. The second-order valence-corrected chi connectivity index (χ2v) is 5.13. The monoisotopic (exact) mass is 278 g/mol. The van der Waals surface area contributed by atoms with E-state index in [0.29, 0.717) is 11.7 Å². The molecule has 4 nitrogen and oxygen atoms in total. The van der Waals surface area contributed by atoms with Crippen LogP contribution in [0.3, 0.4) is 0 Å². The topological polar surface area (TPSA) is 43.6 Å². The van der Waals surface area contributed by atoms with Crippen LogP contribution in [-0.2, 0) is 13.0 Å². The minimum absolute atomic E-state index is 0.297. The number of rotatable bonds is 3. The van der Waals surface area contributed by atoms with Crippen LogP contribution in [0.25, 0.3) is 10.2 Å². The molecule has 0 radical (unpaired) electrons. The summed E-state index contributed by atoms with van der Waals surface area (Å²) in [4.78, 5) is 12.9. The summed E-state index contributed by atoms with van der Waals surface area (Å²) in [6.45, 7) is 3.00. The van der Waals surface area contributed by atoms with Crippen LogP contribution in [-0.4, -0.2) is 19.5 Å². The highest BCUT2D eigenvalue weighted by molar-refractivity contribution is 7.17. The minimum Gasteiger partial charge on any atom is -0.335 e. The first-order chi connectivity index (χ1) is 8.78. The van der Waals surface area contributed by atoms with E-state index in [9.17, 15) is 0 Å². The molecule has 0 saturated heterocycles. The van der Waals surface area contributed by atoms with Crippen molar-refractivity contribution in [1.82, 2.24) is 19.5 Å². The standard InChI is InChI=1S/C12H11ClN4S/c1-2-17-5-4-14-10(17)7-9-11-8(3-6-18-11)15-12(13)16-9/h3-6H,2,7H2,1H3. The van der Waals surface area contributed by atoms with Gasteiger partial charge in [-0.05, 0) is 30.0 Å². The molecule has 0 saturated carbocycles. The number of fused-ring (bicyclic) bond motifs is 1. The first-order valence-electron chi connectivity index (χ1n) is 5.67. The number of thiophene rings is 1. The van der Waals surface area contributed by atoms with Gasteiger partial charge in [-0.25, -0.2) is 15.0 Å². The Balaban J connectivity index is 2.06. The van der Waals surface area contributed by atoms with Crippen molar-refractivity contribution >= 4 is 33.2 Å². The summed E-state index contributed by atoms with van der Waals surface area (Å²) in [5.74, 6) is 1.00. The van der Waals surface area contributed by atoms with Gasteiger partial charge in [-0.3, -0.25) is 0 Å². The molecule has 0 atom stereocenters. The molecule has 0 fully saturated rings. The van der Waals surface area contributed by atoms with Gasteiger partial charge in [0.2, 0.25) is 5.28 Å². The highest BCUT2D eigenvalue weighted by atomic mass is 35.5. The number of imidazole rings is 1. The third-order valence-corrected chi connectivity index (χ3v) is 3.94. The summed E-state index contributed by atoms with van der Waals surface area (Å²) in [6, 6.07) is 1.96. The maximum absolute atomic E-state index is 5.95. The Morgan fingerprint density at radius 1 is 1.39 bits per heavy atom. The first-order valence-corrected chi connectivity index (χ1v) is 6.93. The smallest absolute Gasteiger partial charge is 0.223 e. The number of halogens is 1. The van der Waals surface area contributed by atoms with Gasteiger partial charge in [0.15, 0.2) is 0 Å². The molecule has 3 aromatic rings. The van der Waals surface area contributed by atoms with Gasteiger partial charge in [0, 0.05) is 25.4 Å². The molecule has 3 rings (SSSR count). The third-order valence-electron chi connectivity index (χ3n) is 2.81. The summed E-state index contributed by atoms with van der Waals surface area (Å²) in [7, 11) is 0. The van der Waals surface area contributed by atoms with Gasteiger partial charge in [-0.2, -0.15) is 0 Å². The fourth-order valence-corrected chi connectivity index (χ4v) is 2.97. The molecular weight excluding hydrogens is 268 g/mol. The predicted octanol–water partition coefficient (Wildman–Crippen LogP) is 3.15. The Morgan fingerprint density at radius 2 is 2.28 bits per heavy atom.